The van der Waals surface area contributed by atoms with Gasteiger partial charge in [-0.25, -0.2) is 0 Å². The molecule has 0 saturated heterocycles. The van der Waals surface area contributed by atoms with Gasteiger partial charge in [-0.3, -0.25) is 0 Å². The first-order valence-electron chi connectivity index (χ1n) is 7.83. The van der Waals surface area contributed by atoms with Crippen molar-refractivity contribution >= 4 is 6.08 Å². The minimum atomic E-state index is -0.890. The van der Waals surface area contributed by atoms with Gasteiger partial charge < -0.3 is 10.2 Å². The molecule has 3 aliphatic rings. The number of hydrogen-bond acceptors (Lipinski definition) is 2. The molecule has 2 heteroatoms. The number of benzene rings is 1. The summed E-state index contributed by atoms with van der Waals surface area (Å²) in [5.41, 5.74) is 1.59. The number of aliphatic hydroxyl groups is 1. The minimum absolute atomic E-state index is 0.243. The second-order valence-electron chi connectivity index (χ2n) is 6.81. The predicted octanol–water partition coefficient (Wildman–Crippen LogP) is 3.30. The molecule has 2 nitrogen and oxygen atoms in total. The highest BCUT2D eigenvalue weighted by Gasteiger charge is 2.52. The minimum Gasteiger partial charge on any atom is -0.508 e. The van der Waals surface area contributed by atoms with Crippen LogP contribution in [-0.4, -0.2) is 15.8 Å². The lowest BCUT2D eigenvalue weighted by Crippen LogP contribution is -2.40. The fourth-order valence-electron chi connectivity index (χ4n) is 4.97. The molecule has 0 radical (unpaired) electrons. The third-order valence-corrected chi connectivity index (χ3v) is 5.95. The second-order valence-corrected chi connectivity index (χ2v) is 6.81. The van der Waals surface area contributed by atoms with Crippen LogP contribution in [0.2, 0.25) is 0 Å². The molecular weight excluding hydrogens is 260 g/mol. The van der Waals surface area contributed by atoms with E-state index < -0.39 is 5.60 Å². The number of fused-ring (bicyclic) bond motifs is 5. The zero-order chi connectivity index (χ0) is 14.6. The van der Waals surface area contributed by atoms with Crippen molar-refractivity contribution in [1.29, 1.82) is 0 Å². The third kappa shape index (κ3) is 1.77. The van der Waals surface area contributed by atoms with Crippen LogP contribution >= 0.6 is 0 Å². The van der Waals surface area contributed by atoms with Crippen LogP contribution in [0.4, 0.5) is 0 Å². The molecule has 4 rings (SSSR count). The SMILES string of the molecule is C#CC1(O)CCC2C3C=Cc4cc(O)ccc4C3CCC21. The first-order valence-corrected chi connectivity index (χ1v) is 7.83. The van der Waals surface area contributed by atoms with E-state index in [1.54, 1.807) is 6.07 Å². The summed E-state index contributed by atoms with van der Waals surface area (Å²) in [5, 5.41) is 20.3. The molecule has 0 bridgehead atoms. The van der Waals surface area contributed by atoms with Gasteiger partial charge in [0.1, 0.15) is 11.4 Å². The standard InChI is InChI=1S/C19H20O2/c1-2-19(21)10-9-17-16-5-3-12-11-13(20)4-6-14(12)15(16)7-8-18(17)19/h1,3-6,11,15-18,20-21H,7-10H2. The molecule has 5 atom stereocenters. The normalized spacial score (nSPS) is 40.0. The van der Waals surface area contributed by atoms with Crippen molar-refractivity contribution in [3.05, 3.63) is 35.4 Å². The van der Waals surface area contributed by atoms with Gasteiger partial charge in [0.05, 0.1) is 0 Å². The quantitative estimate of drug-likeness (QED) is 0.716. The molecule has 0 aromatic heterocycles. The zero-order valence-corrected chi connectivity index (χ0v) is 12.0. The van der Waals surface area contributed by atoms with Crippen molar-refractivity contribution in [2.75, 3.05) is 0 Å². The number of rotatable bonds is 0. The third-order valence-electron chi connectivity index (χ3n) is 5.95. The fraction of sp³-hybridized carbons (Fsp3) is 0.474. The van der Waals surface area contributed by atoms with E-state index in [4.69, 9.17) is 6.42 Å². The molecular formula is C19H20O2. The number of phenols is 1. The van der Waals surface area contributed by atoms with Crippen molar-refractivity contribution in [2.45, 2.75) is 37.2 Å². The summed E-state index contributed by atoms with van der Waals surface area (Å²) in [6.45, 7) is 0. The van der Waals surface area contributed by atoms with Crippen LogP contribution in [0.1, 0.15) is 42.7 Å². The molecule has 0 amide bonds. The van der Waals surface area contributed by atoms with Gasteiger partial charge in [0.2, 0.25) is 0 Å². The molecule has 1 aromatic rings. The maximum absolute atomic E-state index is 10.6. The van der Waals surface area contributed by atoms with E-state index in [0.717, 1.165) is 31.2 Å². The summed E-state index contributed by atoms with van der Waals surface area (Å²) >= 11 is 0. The molecule has 5 unspecified atom stereocenters. The van der Waals surface area contributed by atoms with E-state index in [0.29, 0.717) is 23.5 Å². The number of aromatic hydroxyl groups is 1. The average molecular weight is 280 g/mol. The van der Waals surface area contributed by atoms with E-state index in [1.807, 2.05) is 6.07 Å². The summed E-state index contributed by atoms with van der Waals surface area (Å²) in [4.78, 5) is 0. The summed E-state index contributed by atoms with van der Waals surface area (Å²) in [7, 11) is 0. The Kier molecular flexibility index (Phi) is 2.71. The smallest absolute Gasteiger partial charge is 0.128 e. The van der Waals surface area contributed by atoms with E-state index in [-0.39, 0.29) is 5.92 Å². The molecule has 2 saturated carbocycles. The van der Waals surface area contributed by atoms with Crippen molar-refractivity contribution in [3.63, 3.8) is 0 Å². The number of phenolic OH excluding ortho intramolecular Hbond substituents is 1. The van der Waals surface area contributed by atoms with Crippen LogP contribution < -0.4 is 0 Å². The monoisotopic (exact) mass is 280 g/mol. The van der Waals surface area contributed by atoms with Gasteiger partial charge in [0.25, 0.3) is 0 Å². The van der Waals surface area contributed by atoms with Gasteiger partial charge in [-0.15, -0.1) is 6.42 Å². The highest BCUT2D eigenvalue weighted by molar-refractivity contribution is 5.60. The highest BCUT2D eigenvalue weighted by atomic mass is 16.3. The van der Waals surface area contributed by atoms with Gasteiger partial charge in [-0.2, -0.15) is 0 Å². The Morgan fingerprint density at radius 3 is 2.90 bits per heavy atom. The predicted molar refractivity (Wildman–Crippen MR) is 82.6 cm³/mol. The maximum atomic E-state index is 10.6. The van der Waals surface area contributed by atoms with Crippen molar-refractivity contribution in [1.82, 2.24) is 0 Å². The van der Waals surface area contributed by atoms with Gasteiger partial charge >= 0.3 is 0 Å². The van der Waals surface area contributed by atoms with Crippen LogP contribution in [0.15, 0.2) is 24.3 Å². The largest absolute Gasteiger partial charge is 0.508 e. The fourth-order valence-corrected chi connectivity index (χ4v) is 4.97. The lowest BCUT2D eigenvalue weighted by atomic mass is 9.61. The van der Waals surface area contributed by atoms with Gasteiger partial charge in [-0.1, -0.05) is 24.1 Å². The second kappa shape index (κ2) is 4.39. The topological polar surface area (TPSA) is 40.5 Å². The van der Waals surface area contributed by atoms with E-state index in [1.165, 1.54) is 5.56 Å². The summed E-state index contributed by atoms with van der Waals surface area (Å²) < 4.78 is 0. The van der Waals surface area contributed by atoms with Gasteiger partial charge in [-0.05, 0) is 66.7 Å². The first kappa shape index (κ1) is 13.0. The van der Waals surface area contributed by atoms with Crippen LogP contribution in [-0.2, 0) is 0 Å². The maximum Gasteiger partial charge on any atom is 0.128 e. The Labute approximate surface area is 125 Å². The summed E-state index contributed by atoms with van der Waals surface area (Å²) in [6.07, 6.45) is 13.8. The van der Waals surface area contributed by atoms with Crippen molar-refractivity contribution in [3.8, 4) is 18.1 Å². The lowest BCUT2D eigenvalue weighted by molar-refractivity contribution is 0.0201. The van der Waals surface area contributed by atoms with Crippen LogP contribution in [0.25, 0.3) is 6.08 Å². The van der Waals surface area contributed by atoms with Crippen molar-refractivity contribution in [2.24, 2.45) is 17.8 Å². The Hall–Kier alpha value is -1.72. The molecule has 2 N–H and O–H groups in total. The average Bonchev–Trinajstić information content (AvgIpc) is 2.85. The molecule has 0 aliphatic heterocycles. The molecule has 0 heterocycles. The van der Waals surface area contributed by atoms with Crippen LogP contribution in [0.3, 0.4) is 0 Å². The summed E-state index contributed by atoms with van der Waals surface area (Å²) in [6, 6.07) is 5.70. The number of terminal acetylenes is 1. The van der Waals surface area contributed by atoms with Gasteiger partial charge in [0.15, 0.2) is 0 Å². The lowest BCUT2D eigenvalue weighted by Gasteiger charge is -2.43. The Balaban J connectivity index is 1.71. The molecule has 3 aliphatic carbocycles. The highest BCUT2D eigenvalue weighted by Crippen LogP contribution is 2.56. The molecule has 1 aromatic carbocycles. The van der Waals surface area contributed by atoms with Crippen LogP contribution in [0.5, 0.6) is 5.75 Å². The zero-order valence-electron chi connectivity index (χ0n) is 12.0. The Bertz CT molecular complexity index is 654. The Morgan fingerprint density at radius 2 is 2.10 bits per heavy atom. The van der Waals surface area contributed by atoms with E-state index in [2.05, 4.69) is 24.1 Å². The molecule has 108 valence electrons. The number of hydrogen-bond donors (Lipinski definition) is 2. The first-order chi connectivity index (χ1) is 10.1. The summed E-state index contributed by atoms with van der Waals surface area (Å²) in [5.74, 6) is 4.70. The van der Waals surface area contributed by atoms with Gasteiger partial charge in [0, 0.05) is 5.92 Å². The van der Waals surface area contributed by atoms with E-state index in [9.17, 15) is 10.2 Å². The molecule has 0 spiro atoms. The Morgan fingerprint density at radius 1 is 1.24 bits per heavy atom. The molecule has 2 fully saturated rings. The number of allylic oxidation sites excluding steroid dienone is 1. The van der Waals surface area contributed by atoms with Crippen LogP contribution in [0, 0.1) is 30.1 Å². The molecule has 21 heavy (non-hydrogen) atoms. The van der Waals surface area contributed by atoms with E-state index >= 15 is 0 Å². The van der Waals surface area contributed by atoms with Crippen molar-refractivity contribution < 1.29 is 10.2 Å².